The molecule has 3 heterocycles. The van der Waals surface area contributed by atoms with Gasteiger partial charge >= 0.3 is 5.69 Å². The van der Waals surface area contributed by atoms with Gasteiger partial charge in [-0.25, -0.2) is 9.78 Å². The fourth-order valence-electron chi connectivity index (χ4n) is 3.69. The van der Waals surface area contributed by atoms with Crippen molar-refractivity contribution in [3.05, 3.63) is 88.5 Å². The highest BCUT2D eigenvalue weighted by Gasteiger charge is 2.17. The van der Waals surface area contributed by atoms with Crippen LogP contribution in [0.3, 0.4) is 0 Å². The lowest BCUT2D eigenvalue weighted by molar-refractivity contribution is 0.0952. The molecule has 31 heavy (non-hydrogen) atoms. The molecule has 0 unspecified atom stereocenters. The summed E-state index contributed by atoms with van der Waals surface area (Å²) in [6, 6.07) is 18.5. The molecule has 0 aliphatic carbocycles. The van der Waals surface area contributed by atoms with Crippen LogP contribution in [0, 0.1) is 0 Å². The number of imidazole rings is 1. The maximum absolute atomic E-state index is 13.1. The second-order valence-electron chi connectivity index (χ2n) is 7.18. The van der Waals surface area contributed by atoms with Gasteiger partial charge in [-0.1, -0.05) is 30.3 Å². The zero-order valence-electron chi connectivity index (χ0n) is 16.7. The van der Waals surface area contributed by atoms with Crippen molar-refractivity contribution in [3.63, 3.8) is 0 Å². The van der Waals surface area contributed by atoms with Gasteiger partial charge in [-0.3, -0.25) is 13.9 Å². The van der Waals surface area contributed by atoms with Gasteiger partial charge in [0.15, 0.2) is 17.1 Å². The van der Waals surface area contributed by atoms with E-state index in [1.165, 1.54) is 0 Å². The minimum absolute atomic E-state index is 0.156. The molecule has 2 aromatic heterocycles. The lowest BCUT2D eigenvalue weighted by atomic mass is 10.2. The van der Waals surface area contributed by atoms with E-state index in [4.69, 9.17) is 9.47 Å². The summed E-state index contributed by atoms with van der Waals surface area (Å²) in [5.41, 5.74) is 2.71. The Morgan fingerprint density at radius 2 is 1.84 bits per heavy atom. The molecule has 0 fully saturated rings. The number of pyridine rings is 1. The predicted molar refractivity (Wildman–Crippen MR) is 114 cm³/mol. The predicted octanol–water partition coefficient (Wildman–Crippen LogP) is 2.41. The van der Waals surface area contributed by atoms with Crippen LogP contribution >= 0.6 is 0 Å². The summed E-state index contributed by atoms with van der Waals surface area (Å²) in [7, 11) is 0. The summed E-state index contributed by atoms with van der Waals surface area (Å²) >= 11 is 0. The summed E-state index contributed by atoms with van der Waals surface area (Å²) in [5.74, 6) is 0.935. The summed E-state index contributed by atoms with van der Waals surface area (Å²) in [6.45, 7) is 1.21. The molecule has 1 amide bonds. The second kappa shape index (κ2) is 7.98. The smallest absolute Gasteiger partial charge is 0.330 e. The molecule has 0 saturated carbocycles. The molecule has 0 bridgehead atoms. The zero-order valence-corrected chi connectivity index (χ0v) is 16.7. The van der Waals surface area contributed by atoms with Gasteiger partial charge in [0.25, 0.3) is 5.91 Å². The molecule has 0 atom stereocenters. The Morgan fingerprint density at radius 1 is 1.00 bits per heavy atom. The fourth-order valence-corrected chi connectivity index (χ4v) is 3.69. The Morgan fingerprint density at radius 3 is 2.71 bits per heavy atom. The van der Waals surface area contributed by atoms with Crippen LogP contribution < -0.4 is 20.5 Å². The van der Waals surface area contributed by atoms with Gasteiger partial charge in [-0.05, 0) is 35.9 Å². The lowest BCUT2D eigenvalue weighted by Crippen LogP contribution is -2.32. The SMILES string of the molecule is O=C(NCCn1c(=O)n(Cc2ccccc2)c2cccnc21)c1ccc2c(c1)OCO2. The summed E-state index contributed by atoms with van der Waals surface area (Å²) < 4.78 is 13.9. The van der Waals surface area contributed by atoms with Crippen LogP contribution in [0.15, 0.2) is 71.7 Å². The van der Waals surface area contributed by atoms with Crippen LogP contribution in [-0.4, -0.2) is 33.4 Å². The van der Waals surface area contributed by atoms with Crippen molar-refractivity contribution in [3.8, 4) is 11.5 Å². The average molecular weight is 416 g/mol. The van der Waals surface area contributed by atoms with E-state index < -0.39 is 0 Å². The fraction of sp³-hybridized carbons (Fsp3) is 0.174. The van der Waals surface area contributed by atoms with Crippen molar-refractivity contribution in [2.45, 2.75) is 13.1 Å². The number of fused-ring (bicyclic) bond motifs is 2. The summed E-state index contributed by atoms with van der Waals surface area (Å²) in [4.78, 5) is 30.0. The van der Waals surface area contributed by atoms with Crippen molar-refractivity contribution in [2.24, 2.45) is 0 Å². The number of nitrogens with one attached hydrogen (secondary N) is 1. The van der Waals surface area contributed by atoms with Gasteiger partial charge in [0, 0.05) is 24.8 Å². The Hall–Kier alpha value is -4.07. The first-order valence-electron chi connectivity index (χ1n) is 9.96. The maximum Gasteiger partial charge on any atom is 0.330 e. The van der Waals surface area contributed by atoms with Gasteiger partial charge in [-0.15, -0.1) is 0 Å². The van der Waals surface area contributed by atoms with Gasteiger partial charge in [0.1, 0.15) is 0 Å². The molecule has 0 radical (unpaired) electrons. The minimum atomic E-state index is -0.243. The largest absolute Gasteiger partial charge is 0.454 e. The minimum Gasteiger partial charge on any atom is -0.454 e. The molecule has 2 aromatic carbocycles. The van der Waals surface area contributed by atoms with E-state index in [1.807, 2.05) is 42.5 Å². The molecule has 8 nitrogen and oxygen atoms in total. The number of benzene rings is 2. The van der Waals surface area contributed by atoms with Crippen LogP contribution in [0.5, 0.6) is 11.5 Å². The van der Waals surface area contributed by atoms with Crippen molar-refractivity contribution in [1.82, 2.24) is 19.4 Å². The van der Waals surface area contributed by atoms with Crippen LogP contribution in [0.4, 0.5) is 0 Å². The van der Waals surface area contributed by atoms with Crippen molar-refractivity contribution in [1.29, 1.82) is 0 Å². The molecule has 1 aliphatic heterocycles. The monoisotopic (exact) mass is 416 g/mol. The molecule has 156 valence electrons. The van der Waals surface area contributed by atoms with Gasteiger partial charge in [-0.2, -0.15) is 0 Å². The highest BCUT2D eigenvalue weighted by Crippen LogP contribution is 2.32. The van der Waals surface area contributed by atoms with Crippen LogP contribution in [0.25, 0.3) is 11.2 Å². The lowest BCUT2D eigenvalue weighted by Gasteiger charge is -2.07. The topological polar surface area (TPSA) is 87.4 Å². The first kappa shape index (κ1) is 18.9. The Bertz CT molecular complexity index is 1310. The molecule has 0 saturated heterocycles. The zero-order chi connectivity index (χ0) is 21.2. The quantitative estimate of drug-likeness (QED) is 0.522. The number of hydrogen-bond donors (Lipinski definition) is 1. The molecule has 4 aromatic rings. The first-order chi connectivity index (χ1) is 15.2. The van der Waals surface area contributed by atoms with E-state index in [-0.39, 0.29) is 24.9 Å². The number of carbonyl (C=O) groups is 1. The van der Waals surface area contributed by atoms with Crippen molar-refractivity contribution >= 4 is 17.1 Å². The maximum atomic E-state index is 13.1. The molecule has 0 spiro atoms. The second-order valence-corrected chi connectivity index (χ2v) is 7.18. The van der Waals surface area contributed by atoms with E-state index in [2.05, 4.69) is 10.3 Å². The average Bonchev–Trinajstić information content (AvgIpc) is 3.38. The number of aromatic nitrogens is 3. The Kier molecular flexibility index (Phi) is 4.87. The number of hydrogen-bond acceptors (Lipinski definition) is 5. The number of ether oxygens (including phenoxy) is 2. The molecule has 1 aliphatic rings. The number of rotatable bonds is 6. The van der Waals surface area contributed by atoms with Gasteiger partial charge in [0.2, 0.25) is 6.79 Å². The number of nitrogens with zero attached hydrogens (tertiary/aromatic N) is 3. The van der Waals surface area contributed by atoms with Crippen LogP contribution in [0.1, 0.15) is 15.9 Å². The summed E-state index contributed by atoms with van der Waals surface area (Å²) in [6.07, 6.45) is 1.66. The van der Waals surface area contributed by atoms with E-state index in [9.17, 15) is 9.59 Å². The molecular formula is C23H20N4O4. The number of amides is 1. The number of carbonyl (C=O) groups excluding carboxylic acids is 1. The first-order valence-corrected chi connectivity index (χ1v) is 9.96. The van der Waals surface area contributed by atoms with Crippen molar-refractivity contribution < 1.29 is 14.3 Å². The van der Waals surface area contributed by atoms with E-state index in [0.29, 0.717) is 35.8 Å². The third kappa shape index (κ3) is 3.63. The van der Waals surface area contributed by atoms with Gasteiger partial charge < -0.3 is 14.8 Å². The third-order valence-corrected chi connectivity index (χ3v) is 5.21. The highest BCUT2D eigenvalue weighted by atomic mass is 16.7. The highest BCUT2D eigenvalue weighted by molar-refractivity contribution is 5.94. The van der Waals surface area contributed by atoms with Crippen LogP contribution in [0.2, 0.25) is 0 Å². The van der Waals surface area contributed by atoms with E-state index >= 15 is 0 Å². The van der Waals surface area contributed by atoms with E-state index in [1.54, 1.807) is 33.5 Å². The molecular weight excluding hydrogens is 396 g/mol. The van der Waals surface area contributed by atoms with Gasteiger partial charge in [0.05, 0.1) is 12.1 Å². The third-order valence-electron chi connectivity index (χ3n) is 5.21. The molecule has 1 N–H and O–H groups in total. The molecule has 8 heteroatoms. The normalized spacial score (nSPS) is 12.3. The van der Waals surface area contributed by atoms with E-state index in [0.717, 1.165) is 11.1 Å². The molecule has 5 rings (SSSR count). The summed E-state index contributed by atoms with van der Waals surface area (Å²) in [5, 5.41) is 2.86. The van der Waals surface area contributed by atoms with Crippen LogP contribution in [-0.2, 0) is 13.1 Å². The van der Waals surface area contributed by atoms with Crippen molar-refractivity contribution in [2.75, 3.05) is 13.3 Å². The standard InChI is InChI=1S/C23H20N4O4/c28-22(17-8-9-19-20(13-17)31-15-30-19)25-11-12-26-21-18(7-4-10-24-21)27(23(26)29)14-16-5-2-1-3-6-16/h1-10,13H,11-12,14-15H2,(H,25,28). The Balaban J connectivity index is 1.34. The Labute approximate surface area is 177 Å².